The van der Waals surface area contributed by atoms with E-state index < -0.39 is 5.97 Å². The molecule has 1 aromatic rings. The molecule has 0 saturated carbocycles. The second-order valence-electron chi connectivity index (χ2n) is 3.17. The summed E-state index contributed by atoms with van der Waals surface area (Å²) in [7, 11) is 1.52. The number of carbonyl (C=O) groups excluding carboxylic acids is 1. The lowest BCUT2D eigenvalue weighted by Gasteiger charge is -2.11. The van der Waals surface area contributed by atoms with Gasteiger partial charge < -0.3 is 20.4 Å². The molecular formula is C10H12ClNO3. The van der Waals surface area contributed by atoms with Crippen LogP contribution in [0.5, 0.6) is 5.75 Å². The fourth-order valence-electron chi connectivity index (χ4n) is 1.26. The molecule has 0 saturated heterocycles. The number of aliphatic carboxylic acids is 1. The summed E-state index contributed by atoms with van der Waals surface area (Å²) in [4.78, 5) is 10.4. The Hall–Kier alpha value is -1.26. The van der Waals surface area contributed by atoms with Crippen molar-refractivity contribution in [2.45, 2.75) is 12.5 Å². The van der Waals surface area contributed by atoms with Gasteiger partial charge in [0, 0.05) is 18.0 Å². The van der Waals surface area contributed by atoms with E-state index in [9.17, 15) is 9.90 Å². The number of carbonyl (C=O) groups is 1. The van der Waals surface area contributed by atoms with Gasteiger partial charge in [-0.25, -0.2) is 0 Å². The smallest absolute Gasteiger partial charge is 0.137 e. The van der Waals surface area contributed by atoms with Crippen LogP contribution in [-0.4, -0.2) is 13.1 Å². The number of benzene rings is 1. The number of ether oxygens (including phenoxy) is 1. The maximum absolute atomic E-state index is 10.4. The highest BCUT2D eigenvalue weighted by Crippen LogP contribution is 2.27. The fourth-order valence-corrected chi connectivity index (χ4v) is 1.52. The van der Waals surface area contributed by atoms with E-state index in [-0.39, 0.29) is 12.5 Å². The first-order valence-corrected chi connectivity index (χ1v) is 4.78. The van der Waals surface area contributed by atoms with Crippen molar-refractivity contribution >= 4 is 17.6 Å². The van der Waals surface area contributed by atoms with Crippen LogP contribution in [0.25, 0.3) is 0 Å². The van der Waals surface area contributed by atoms with Gasteiger partial charge in [0.25, 0.3) is 0 Å². The van der Waals surface area contributed by atoms with Crippen LogP contribution in [0.2, 0.25) is 5.02 Å². The van der Waals surface area contributed by atoms with E-state index in [2.05, 4.69) is 5.73 Å². The van der Waals surface area contributed by atoms with Gasteiger partial charge in [-0.3, -0.25) is 0 Å². The van der Waals surface area contributed by atoms with Crippen LogP contribution in [0.1, 0.15) is 18.0 Å². The molecule has 0 amide bonds. The Labute approximate surface area is 92.6 Å². The first kappa shape index (κ1) is 11.8. The minimum absolute atomic E-state index is 0.122. The minimum Gasteiger partial charge on any atom is -0.550 e. The van der Waals surface area contributed by atoms with E-state index in [1.165, 1.54) is 7.11 Å². The first-order valence-electron chi connectivity index (χ1n) is 4.41. The van der Waals surface area contributed by atoms with Crippen LogP contribution in [0, 0.1) is 0 Å². The van der Waals surface area contributed by atoms with Crippen molar-refractivity contribution in [2.24, 2.45) is 0 Å². The molecule has 0 fully saturated rings. The van der Waals surface area contributed by atoms with Crippen LogP contribution in [-0.2, 0) is 4.79 Å². The Morgan fingerprint density at radius 3 is 2.80 bits per heavy atom. The first-order chi connectivity index (χ1) is 7.04. The Morgan fingerprint density at radius 1 is 1.67 bits per heavy atom. The van der Waals surface area contributed by atoms with Crippen LogP contribution in [0.3, 0.4) is 0 Å². The molecule has 0 bridgehead atoms. The number of methoxy groups -OCH3 is 1. The zero-order chi connectivity index (χ0) is 11.4. The van der Waals surface area contributed by atoms with Gasteiger partial charge in [0.2, 0.25) is 0 Å². The van der Waals surface area contributed by atoms with Crippen molar-refractivity contribution in [3.63, 3.8) is 0 Å². The predicted octanol–water partition coefficient (Wildman–Crippen LogP) is -0.228. The van der Waals surface area contributed by atoms with Crippen molar-refractivity contribution < 1.29 is 20.4 Å². The number of quaternary nitrogens is 1. The molecule has 1 rings (SSSR count). The number of hydrogen-bond donors (Lipinski definition) is 1. The average molecular weight is 230 g/mol. The van der Waals surface area contributed by atoms with Crippen LogP contribution in [0.4, 0.5) is 0 Å². The highest BCUT2D eigenvalue weighted by Gasteiger charge is 2.12. The molecular weight excluding hydrogens is 218 g/mol. The molecule has 1 aromatic carbocycles. The van der Waals surface area contributed by atoms with Gasteiger partial charge >= 0.3 is 0 Å². The molecule has 0 aliphatic rings. The topological polar surface area (TPSA) is 77.0 Å². The molecule has 0 unspecified atom stereocenters. The molecule has 0 aliphatic carbocycles. The third-order valence-electron chi connectivity index (χ3n) is 2.06. The summed E-state index contributed by atoms with van der Waals surface area (Å²) in [6.45, 7) is 0. The van der Waals surface area contributed by atoms with Crippen molar-refractivity contribution in [1.82, 2.24) is 0 Å². The Morgan fingerprint density at radius 2 is 2.33 bits per heavy atom. The van der Waals surface area contributed by atoms with Crippen LogP contribution in [0.15, 0.2) is 18.2 Å². The predicted molar refractivity (Wildman–Crippen MR) is 53.3 cm³/mol. The lowest BCUT2D eigenvalue weighted by Crippen LogP contribution is -2.55. The summed E-state index contributed by atoms with van der Waals surface area (Å²) in [6, 6.07) is 4.72. The van der Waals surface area contributed by atoms with Crippen molar-refractivity contribution in [1.29, 1.82) is 0 Å². The Balaban J connectivity index is 2.87. The number of carboxylic acid groups (broad SMARTS) is 1. The molecule has 82 valence electrons. The SMILES string of the molecule is COc1ccc([C@@H]([NH3+])CC(=O)[O-])cc1Cl. The molecule has 3 N–H and O–H groups in total. The number of halogens is 1. The molecule has 0 heterocycles. The van der Waals surface area contributed by atoms with Crippen molar-refractivity contribution in [2.75, 3.05) is 7.11 Å². The maximum Gasteiger partial charge on any atom is 0.137 e. The second-order valence-corrected chi connectivity index (χ2v) is 3.57. The summed E-state index contributed by atoms with van der Waals surface area (Å²) in [5.74, 6) is -0.567. The van der Waals surface area contributed by atoms with Gasteiger partial charge in [-0.2, -0.15) is 0 Å². The Kier molecular flexibility index (Phi) is 3.94. The largest absolute Gasteiger partial charge is 0.550 e. The third kappa shape index (κ3) is 3.11. The highest BCUT2D eigenvalue weighted by atomic mass is 35.5. The summed E-state index contributed by atoms with van der Waals surface area (Å²) < 4.78 is 4.98. The molecule has 5 heteroatoms. The zero-order valence-corrected chi connectivity index (χ0v) is 9.08. The highest BCUT2D eigenvalue weighted by molar-refractivity contribution is 6.32. The second kappa shape index (κ2) is 5.00. The molecule has 4 nitrogen and oxygen atoms in total. The monoisotopic (exact) mass is 229 g/mol. The molecule has 0 aromatic heterocycles. The van der Waals surface area contributed by atoms with Crippen molar-refractivity contribution in [3.8, 4) is 5.75 Å². The molecule has 15 heavy (non-hydrogen) atoms. The molecule has 0 radical (unpaired) electrons. The number of carboxylic acids is 1. The standard InChI is InChI=1S/C10H12ClNO3/c1-15-9-3-2-6(4-7(9)11)8(12)5-10(13)14/h2-4,8H,5,12H2,1H3,(H,13,14)/t8-/m0/s1. The van der Waals surface area contributed by atoms with E-state index in [1.54, 1.807) is 18.2 Å². The molecule has 0 spiro atoms. The fraction of sp³-hybridized carbons (Fsp3) is 0.300. The number of rotatable bonds is 4. The van der Waals surface area contributed by atoms with E-state index in [1.807, 2.05) is 0 Å². The van der Waals surface area contributed by atoms with Gasteiger partial charge in [0.15, 0.2) is 0 Å². The van der Waals surface area contributed by atoms with E-state index >= 15 is 0 Å². The van der Waals surface area contributed by atoms with Gasteiger partial charge in [-0.1, -0.05) is 11.6 Å². The third-order valence-corrected chi connectivity index (χ3v) is 2.36. The summed E-state index contributed by atoms with van der Waals surface area (Å²) >= 11 is 5.89. The van der Waals surface area contributed by atoms with E-state index in [4.69, 9.17) is 16.3 Å². The average Bonchev–Trinajstić information content (AvgIpc) is 2.16. The lowest BCUT2D eigenvalue weighted by atomic mass is 10.0. The minimum atomic E-state index is -1.12. The summed E-state index contributed by atoms with van der Waals surface area (Å²) in [5.41, 5.74) is 4.48. The number of hydrogen-bond acceptors (Lipinski definition) is 3. The van der Waals surface area contributed by atoms with Gasteiger partial charge in [0.05, 0.1) is 12.1 Å². The zero-order valence-electron chi connectivity index (χ0n) is 8.33. The molecule has 0 aliphatic heterocycles. The summed E-state index contributed by atoms with van der Waals surface area (Å²) in [5, 5.41) is 10.8. The van der Waals surface area contributed by atoms with Crippen molar-refractivity contribution in [3.05, 3.63) is 28.8 Å². The van der Waals surface area contributed by atoms with E-state index in [0.717, 1.165) is 5.56 Å². The lowest BCUT2D eigenvalue weighted by molar-refractivity contribution is -0.430. The van der Waals surface area contributed by atoms with E-state index in [0.29, 0.717) is 10.8 Å². The van der Waals surface area contributed by atoms with Gasteiger partial charge in [0.1, 0.15) is 11.8 Å². The Bertz CT molecular complexity index is 368. The maximum atomic E-state index is 10.4. The quantitative estimate of drug-likeness (QED) is 0.775. The van der Waals surface area contributed by atoms with Gasteiger partial charge in [-0.05, 0) is 18.2 Å². The molecule has 1 atom stereocenters. The van der Waals surface area contributed by atoms with Gasteiger partial charge in [-0.15, -0.1) is 0 Å². The van der Waals surface area contributed by atoms with Crippen LogP contribution >= 0.6 is 11.6 Å². The summed E-state index contributed by atoms with van der Waals surface area (Å²) in [6.07, 6.45) is -0.122. The normalized spacial score (nSPS) is 12.2. The van der Waals surface area contributed by atoms with Crippen LogP contribution < -0.4 is 15.6 Å².